The highest BCUT2D eigenvalue weighted by atomic mass is 32.2. The third-order valence-electron chi connectivity index (χ3n) is 3.57. The van der Waals surface area contributed by atoms with Crippen molar-refractivity contribution in [1.29, 1.82) is 0 Å². The molecule has 1 fully saturated rings. The second kappa shape index (κ2) is 6.01. The summed E-state index contributed by atoms with van der Waals surface area (Å²) in [6.45, 7) is 2.76. The molecule has 0 aromatic heterocycles. The van der Waals surface area contributed by atoms with Gasteiger partial charge in [-0.3, -0.25) is 4.79 Å². The molecule has 4 nitrogen and oxygen atoms in total. The molecule has 0 radical (unpaired) electrons. The van der Waals surface area contributed by atoms with Crippen LogP contribution >= 0.6 is 0 Å². The van der Waals surface area contributed by atoms with E-state index >= 15 is 0 Å². The number of ketones is 1. The summed E-state index contributed by atoms with van der Waals surface area (Å²) in [4.78, 5) is 12.0. The highest BCUT2D eigenvalue weighted by Crippen LogP contribution is 2.16. The van der Waals surface area contributed by atoms with Gasteiger partial charge < -0.3 is 5.32 Å². The third kappa shape index (κ3) is 3.43. The van der Waals surface area contributed by atoms with Gasteiger partial charge in [0, 0.05) is 12.1 Å². The Morgan fingerprint density at radius 2 is 2.20 bits per heavy atom. The van der Waals surface area contributed by atoms with Gasteiger partial charge in [-0.05, 0) is 50.1 Å². The molecule has 1 aromatic carbocycles. The lowest BCUT2D eigenvalue weighted by molar-refractivity contribution is 0.102. The average Bonchev–Trinajstić information content (AvgIpc) is 2.42. The molecule has 0 saturated carbocycles. The molecule has 0 amide bonds. The maximum Gasteiger partial charge on any atom is 0.177 e. The molecule has 0 aliphatic carbocycles. The maximum atomic E-state index is 13.2. The molecule has 1 saturated heterocycles. The van der Waals surface area contributed by atoms with E-state index in [0.29, 0.717) is 18.5 Å². The number of rotatable bonds is 4. The molecule has 1 aliphatic rings. The number of Topliss-reactive ketones (excluding diaryl/α,β-unsaturated/α-hetero) is 1. The summed E-state index contributed by atoms with van der Waals surface area (Å²) in [5, 5.41) is 2.53. The number of benzene rings is 1. The topological polar surface area (TPSA) is 63.2 Å². The number of halogens is 1. The largest absolute Gasteiger partial charge is 0.315 e. The Hall–Kier alpha value is -1.27. The predicted molar refractivity (Wildman–Crippen MR) is 75.1 cm³/mol. The second-order valence-corrected chi connectivity index (χ2v) is 7.44. The zero-order valence-corrected chi connectivity index (χ0v) is 12.2. The maximum absolute atomic E-state index is 13.2. The molecule has 0 spiro atoms. The van der Waals surface area contributed by atoms with Crippen molar-refractivity contribution in [2.45, 2.75) is 25.0 Å². The summed E-state index contributed by atoms with van der Waals surface area (Å²) in [7, 11) is -3.46. The third-order valence-corrected chi connectivity index (χ3v) is 5.65. The standard InChI is InChI=1S/C14H18FNO3S/c1-10-7-11(4-5-13(10)15)14(17)9-20(18,19)12-3-2-6-16-8-12/h4-5,7,12,16H,2-3,6,8-9H2,1H3. The van der Waals surface area contributed by atoms with Crippen LogP contribution in [0.2, 0.25) is 0 Å². The van der Waals surface area contributed by atoms with Crippen LogP contribution in [0.3, 0.4) is 0 Å². The van der Waals surface area contributed by atoms with Crippen LogP contribution in [0, 0.1) is 12.7 Å². The van der Waals surface area contributed by atoms with Crippen molar-refractivity contribution in [2.75, 3.05) is 18.8 Å². The highest BCUT2D eigenvalue weighted by molar-refractivity contribution is 7.92. The van der Waals surface area contributed by atoms with E-state index in [9.17, 15) is 17.6 Å². The summed E-state index contributed by atoms with van der Waals surface area (Å²) in [5.41, 5.74) is 0.587. The fraction of sp³-hybridized carbons (Fsp3) is 0.500. The molecule has 1 heterocycles. The SMILES string of the molecule is Cc1cc(C(=O)CS(=O)(=O)C2CCCNC2)ccc1F. The lowest BCUT2D eigenvalue weighted by Gasteiger charge is -2.22. The van der Waals surface area contributed by atoms with Crippen LogP contribution in [0.4, 0.5) is 4.39 Å². The summed E-state index contributed by atoms with van der Waals surface area (Å²) in [6.07, 6.45) is 1.39. The fourth-order valence-electron chi connectivity index (χ4n) is 2.33. The molecule has 1 unspecified atom stereocenters. The van der Waals surface area contributed by atoms with Crippen LogP contribution in [-0.2, 0) is 9.84 Å². The molecule has 1 N–H and O–H groups in total. The lowest BCUT2D eigenvalue weighted by atomic mass is 10.1. The normalized spacial score (nSPS) is 19.8. The first kappa shape index (κ1) is 15.1. The van der Waals surface area contributed by atoms with Gasteiger partial charge in [-0.1, -0.05) is 0 Å². The van der Waals surface area contributed by atoms with Gasteiger partial charge in [0.1, 0.15) is 11.6 Å². The van der Waals surface area contributed by atoms with Crippen molar-refractivity contribution in [3.05, 3.63) is 35.1 Å². The van der Waals surface area contributed by atoms with Gasteiger partial charge in [-0.2, -0.15) is 0 Å². The zero-order chi connectivity index (χ0) is 14.8. The van der Waals surface area contributed by atoms with Crippen molar-refractivity contribution in [3.8, 4) is 0 Å². The smallest absolute Gasteiger partial charge is 0.177 e. The van der Waals surface area contributed by atoms with E-state index in [2.05, 4.69) is 5.32 Å². The zero-order valence-electron chi connectivity index (χ0n) is 11.4. The minimum Gasteiger partial charge on any atom is -0.315 e. The van der Waals surface area contributed by atoms with Crippen molar-refractivity contribution < 1.29 is 17.6 Å². The van der Waals surface area contributed by atoms with Crippen molar-refractivity contribution in [3.63, 3.8) is 0 Å². The molecule has 110 valence electrons. The minimum atomic E-state index is -3.46. The Balaban J connectivity index is 2.11. The number of sulfone groups is 1. The van der Waals surface area contributed by atoms with E-state index in [4.69, 9.17) is 0 Å². The van der Waals surface area contributed by atoms with Crippen LogP contribution in [0.25, 0.3) is 0 Å². The van der Waals surface area contributed by atoms with Crippen molar-refractivity contribution in [2.24, 2.45) is 0 Å². The first-order valence-electron chi connectivity index (χ1n) is 6.62. The number of piperidine rings is 1. The molecular formula is C14H18FNO3S. The molecule has 1 aliphatic heterocycles. The van der Waals surface area contributed by atoms with Crippen LogP contribution in [0.5, 0.6) is 0 Å². The molecule has 1 atom stereocenters. The molecule has 6 heteroatoms. The quantitative estimate of drug-likeness (QED) is 0.856. The molecular weight excluding hydrogens is 281 g/mol. The van der Waals surface area contributed by atoms with Crippen LogP contribution in [0.1, 0.15) is 28.8 Å². The Kier molecular flexibility index (Phi) is 4.55. The number of hydrogen-bond donors (Lipinski definition) is 1. The Labute approximate surface area is 118 Å². The van der Waals surface area contributed by atoms with Gasteiger partial charge in [0.25, 0.3) is 0 Å². The van der Waals surface area contributed by atoms with E-state index in [1.165, 1.54) is 18.2 Å². The molecule has 0 bridgehead atoms. The molecule has 1 aromatic rings. The van der Waals surface area contributed by atoms with E-state index in [0.717, 1.165) is 13.0 Å². The van der Waals surface area contributed by atoms with E-state index < -0.39 is 32.4 Å². The minimum absolute atomic E-state index is 0.247. The van der Waals surface area contributed by atoms with E-state index in [1.807, 2.05) is 0 Å². The highest BCUT2D eigenvalue weighted by Gasteiger charge is 2.29. The number of nitrogens with one attached hydrogen (secondary N) is 1. The number of aryl methyl sites for hydroxylation is 1. The van der Waals surface area contributed by atoms with Crippen molar-refractivity contribution >= 4 is 15.6 Å². The van der Waals surface area contributed by atoms with Gasteiger partial charge >= 0.3 is 0 Å². The number of carbonyl (C=O) groups excluding carboxylic acids is 1. The van der Waals surface area contributed by atoms with Gasteiger partial charge in [0.2, 0.25) is 0 Å². The van der Waals surface area contributed by atoms with Crippen LogP contribution in [-0.4, -0.2) is 38.3 Å². The summed E-state index contributed by atoms with van der Waals surface area (Å²) < 4.78 is 37.5. The number of hydrogen-bond acceptors (Lipinski definition) is 4. The van der Waals surface area contributed by atoms with Crippen LogP contribution in [0.15, 0.2) is 18.2 Å². The Morgan fingerprint density at radius 3 is 2.80 bits per heavy atom. The van der Waals surface area contributed by atoms with E-state index in [1.54, 1.807) is 6.92 Å². The summed E-state index contributed by atoms with van der Waals surface area (Å²) >= 11 is 0. The predicted octanol–water partition coefficient (Wildman–Crippen LogP) is 1.48. The van der Waals surface area contributed by atoms with Crippen LogP contribution < -0.4 is 5.32 Å². The first-order valence-corrected chi connectivity index (χ1v) is 8.33. The number of carbonyl (C=O) groups is 1. The first-order chi connectivity index (χ1) is 9.40. The summed E-state index contributed by atoms with van der Waals surface area (Å²) in [5.74, 6) is -1.38. The Bertz CT molecular complexity index is 607. The van der Waals surface area contributed by atoms with Gasteiger partial charge in [-0.25, -0.2) is 12.8 Å². The van der Waals surface area contributed by atoms with Gasteiger partial charge in [0.15, 0.2) is 15.6 Å². The van der Waals surface area contributed by atoms with Crippen molar-refractivity contribution in [1.82, 2.24) is 5.32 Å². The Morgan fingerprint density at radius 1 is 1.45 bits per heavy atom. The fourth-order valence-corrected chi connectivity index (χ4v) is 3.99. The monoisotopic (exact) mass is 299 g/mol. The molecule has 2 rings (SSSR count). The second-order valence-electron chi connectivity index (χ2n) is 5.16. The van der Waals surface area contributed by atoms with Gasteiger partial charge in [-0.15, -0.1) is 0 Å². The molecule has 20 heavy (non-hydrogen) atoms. The lowest BCUT2D eigenvalue weighted by Crippen LogP contribution is -2.41. The van der Waals surface area contributed by atoms with Gasteiger partial charge in [0.05, 0.1) is 5.25 Å². The summed E-state index contributed by atoms with van der Waals surface area (Å²) in [6, 6.07) is 3.92. The van der Waals surface area contributed by atoms with E-state index in [-0.39, 0.29) is 5.56 Å². The average molecular weight is 299 g/mol.